The number of anilines is 1. The molecule has 0 fully saturated rings. The number of rotatable bonds is 4. The topological polar surface area (TPSA) is 55.1 Å². The number of carbonyl (C=O) groups excluding carboxylic acids is 1. The van der Waals surface area contributed by atoms with Gasteiger partial charge in [0.2, 0.25) is 5.91 Å². The van der Waals surface area contributed by atoms with E-state index in [9.17, 15) is 4.79 Å². The van der Waals surface area contributed by atoms with E-state index in [1.165, 1.54) is 11.1 Å². The Labute approximate surface area is 97.0 Å². The molecule has 16 heavy (non-hydrogen) atoms. The van der Waals surface area contributed by atoms with Gasteiger partial charge in [-0.1, -0.05) is 13.0 Å². The lowest BCUT2D eigenvalue weighted by molar-refractivity contribution is -0.119. The maximum absolute atomic E-state index is 11.8. The number of hydrogen-bond donors (Lipinski definition) is 2. The van der Waals surface area contributed by atoms with E-state index in [-0.39, 0.29) is 11.8 Å². The Kier molecular flexibility index (Phi) is 4.50. The molecule has 88 valence electrons. The van der Waals surface area contributed by atoms with Crippen molar-refractivity contribution in [2.45, 2.75) is 27.2 Å². The number of hydrogen-bond acceptors (Lipinski definition) is 2. The van der Waals surface area contributed by atoms with Crippen LogP contribution in [-0.4, -0.2) is 12.5 Å². The normalized spacial score (nSPS) is 12.2. The maximum Gasteiger partial charge on any atom is 0.228 e. The molecule has 3 nitrogen and oxygen atoms in total. The number of benzene rings is 1. The third-order valence-corrected chi connectivity index (χ3v) is 2.92. The van der Waals surface area contributed by atoms with Crippen LogP contribution in [0.1, 0.15) is 24.5 Å². The minimum absolute atomic E-state index is 0.00764. The first-order valence-corrected chi connectivity index (χ1v) is 5.66. The van der Waals surface area contributed by atoms with E-state index in [4.69, 9.17) is 5.73 Å². The zero-order chi connectivity index (χ0) is 12.1. The van der Waals surface area contributed by atoms with Crippen molar-refractivity contribution in [1.82, 2.24) is 0 Å². The van der Waals surface area contributed by atoms with Gasteiger partial charge in [-0.2, -0.15) is 0 Å². The number of amides is 1. The number of carbonyl (C=O) groups is 1. The average Bonchev–Trinajstić information content (AvgIpc) is 2.25. The Morgan fingerprint density at radius 3 is 2.56 bits per heavy atom. The fraction of sp³-hybridized carbons (Fsp3) is 0.462. The molecule has 0 aliphatic carbocycles. The van der Waals surface area contributed by atoms with E-state index in [0.29, 0.717) is 6.54 Å². The number of nitrogens with two attached hydrogens (primary N) is 1. The highest BCUT2D eigenvalue weighted by atomic mass is 16.1. The first-order valence-electron chi connectivity index (χ1n) is 5.66. The lowest BCUT2D eigenvalue weighted by Gasteiger charge is -2.13. The largest absolute Gasteiger partial charge is 0.330 e. The molecule has 1 amide bonds. The van der Waals surface area contributed by atoms with Gasteiger partial charge in [0.15, 0.2) is 0 Å². The van der Waals surface area contributed by atoms with Gasteiger partial charge >= 0.3 is 0 Å². The molecule has 0 aliphatic rings. The first-order chi connectivity index (χ1) is 7.58. The molecule has 0 radical (unpaired) electrons. The Morgan fingerprint density at radius 1 is 1.38 bits per heavy atom. The minimum Gasteiger partial charge on any atom is -0.330 e. The second-order valence-electron chi connectivity index (χ2n) is 4.13. The summed E-state index contributed by atoms with van der Waals surface area (Å²) in [5, 5.41) is 2.89. The molecular weight excluding hydrogens is 200 g/mol. The van der Waals surface area contributed by atoms with Gasteiger partial charge in [0.1, 0.15) is 0 Å². The molecule has 3 N–H and O–H groups in total. The molecule has 0 heterocycles. The number of aryl methyl sites for hydroxylation is 2. The van der Waals surface area contributed by atoms with Crippen molar-refractivity contribution in [3.05, 3.63) is 29.3 Å². The molecule has 1 rings (SSSR count). The Balaban J connectivity index is 2.73. The van der Waals surface area contributed by atoms with Gasteiger partial charge in [-0.15, -0.1) is 0 Å². The van der Waals surface area contributed by atoms with E-state index in [1.807, 2.05) is 32.0 Å². The molecule has 0 aromatic heterocycles. The summed E-state index contributed by atoms with van der Waals surface area (Å²) < 4.78 is 0. The van der Waals surface area contributed by atoms with Gasteiger partial charge in [-0.3, -0.25) is 4.79 Å². The molecule has 1 unspecified atom stereocenters. The quantitative estimate of drug-likeness (QED) is 0.817. The maximum atomic E-state index is 11.8. The van der Waals surface area contributed by atoms with Crippen LogP contribution in [0.3, 0.4) is 0 Å². The lowest BCUT2D eigenvalue weighted by atomic mass is 10.1. The molecule has 0 spiro atoms. The fourth-order valence-corrected chi connectivity index (χ4v) is 1.52. The van der Waals surface area contributed by atoms with Crippen molar-refractivity contribution in [2.75, 3.05) is 11.9 Å². The van der Waals surface area contributed by atoms with Gasteiger partial charge in [0.25, 0.3) is 0 Å². The average molecular weight is 220 g/mol. The van der Waals surface area contributed by atoms with Gasteiger partial charge in [-0.05, 0) is 43.5 Å². The molecule has 0 bridgehead atoms. The summed E-state index contributed by atoms with van der Waals surface area (Å²) in [4.78, 5) is 11.8. The van der Waals surface area contributed by atoms with Crippen LogP contribution < -0.4 is 11.1 Å². The Hall–Kier alpha value is -1.35. The molecule has 1 aromatic rings. The van der Waals surface area contributed by atoms with Gasteiger partial charge in [0, 0.05) is 12.2 Å². The standard InChI is InChI=1S/C13H20N2O/c1-4-11(8-14)13(16)15-12-6-5-9(2)10(3)7-12/h5-7,11H,4,8,14H2,1-3H3,(H,15,16). The van der Waals surface area contributed by atoms with Crippen LogP contribution in [0.15, 0.2) is 18.2 Å². The first kappa shape index (κ1) is 12.7. The SMILES string of the molecule is CCC(CN)C(=O)Nc1ccc(C)c(C)c1. The van der Waals surface area contributed by atoms with Gasteiger partial charge in [-0.25, -0.2) is 0 Å². The second kappa shape index (κ2) is 5.66. The molecular formula is C13H20N2O. The molecule has 0 saturated carbocycles. The molecule has 1 aromatic carbocycles. The van der Waals surface area contributed by atoms with Crippen LogP contribution in [0.4, 0.5) is 5.69 Å². The summed E-state index contributed by atoms with van der Waals surface area (Å²) in [6, 6.07) is 5.91. The summed E-state index contributed by atoms with van der Waals surface area (Å²) in [5.41, 5.74) is 8.78. The zero-order valence-electron chi connectivity index (χ0n) is 10.2. The molecule has 0 aliphatic heterocycles. The van der Waals surface area contributed by atoms with Crippen molar-refractivity contribution in [3.8, 4) is 0 Å². The molecule has 1 atom stereocenters. The van der Waals surface area contributed by atoms with Crippen molar-refractivity contribution >= 4 is 11.6 Å². The molecule has 3 heteroatoms. The summed E-state index contributed by atoms with van der Waals surface area (Å²) in [5.74, 6) is -0.0881. The van der Waals surface area contributed by atoms with E-state index >= 15 is 0 Å². The monoisotopic (exact) mass is 220 g/mol. The summed E-state index contributed by atoms with van der Waals surface area (Å²) in [6.07, 6.45) is 0.771. The van der Waals surface area contributed by atoms with Crippen LogP contribution in [-0.2, 0) is 4.79 Å². The van der Waals surface area contributed by atoms with Crippen molar-refractivity contribution in [1.29, 1.82) is 0 Å². The van der Waals surface area contributed by atoms with Crippen LogP contribution in [0.25, 0.3) is 0 Å². The Bertz CT molecular complexity index is 370. The highest BCUT2D eigenvalue weighted by Crippen LogP contribution is 2.15. The van der Waals surface area contributed by atoms with Crippen molar-refractivity contribution in [2.24, 2.45) is 11.7 Å². The summed E-state index contributed by atoms with van der Waals surface area (Å²) in [6.45, 7) is 6.45. The highest BCUT2D eigenvalue weighted by molar-refractivity contribution is 5.92. The van der Waals surface area contributed by atoms with E-state index in [1.54, 1.807) is 0 Å². The van der Waals surface area contributed by atoms with Crippen LogP contribution in [0.5, 0.6) is 0 Å². The number of nitrogens with one attached hydrogen (secondary N) is 1. The summed E-state index contributed by atoms with van der Waals surface area (Å²) >= 11 is 0. The van der Waals surface area contributed by atoms with Crippen molar-refractivity contribution < 1.29 is 4.79 Å². The van der Waals surface area contributed by atoms with E-state index < -0.39 is 0 Å². The predicted octanol–water partition coefficient (Wildman–Crippen LogP) is 2.23. The third kappa shape index (κ3) is 3.07. The Morgan fingerprint density at radius 2 is 2.06 bits per heavy atom. The lowest BCUT2D eigenvalue weighted by Crippen LogP contribution is -2.28. The minimum atomic E-state index is -0.0957. The molecule has 0 saturated heterocycles. The van der Waals surface area contributed by atoms with Gasteiger partial charge < -0.3 is 11.1 Å². The van der Waals surface area contributed by atoms with Crippen LogP contribution in [0, 0.1) is 19.8 Å². The fourth-order valence-electron chi connectivity index (χ4n) is 1.52. The second-order valence-corrected chi connectivity index (χ2v) is 4.13. The smallest absolute Gasteiger partial charge is 0.228 e. The predicted molar refractivity (Wildman–Crippen MR) is 67.4 cm³/mol. The summed E-state index contributed by atoms with van der Waals surface area (Å²) in [7, 11) is 0. The van der Waals surface area contributed by atoms with E-state index in [0.717, 1.165) is 12.1 Å². The highest BCUT2D eigenvalue weighted by Gasteiger charge is 2.14. The van der Waals surface area contributed by atoms with Crippen LogP contribution in [0.2, 0.25) is 0 Å². The van der Waals surface area contributed by atoms with E-state index in [2.05, 4.69) is 12.2 Å². The third-order valence-electron chi connectivity index (χ3n) is 2.92. The van der Waals surface area contributed by atoms with Crippen molar-refractivity contribution in [3.63, 3.8) is 0 Å². The van der Waals surface area contributed by atoms with Crippen LogP contribution >= 0.6 is 0 Å². The zero-order valence-corrected chi connectivity index (χ0v) is 10.2. The van der Waals surface area contributed by atoms with Gasteiger partial charge in [0.05, 0.1) is 5.92 Å².